The molecule has 5 nitrogen and oxygen atoms in total. The normalized spacial score (nSPS) is 12.3. The fraction of sp³-hybridized carbons (Fsp3) is 0.190. The highest BCUT2D eigenvalue weighted by Gasteiger charge is 2.15. The van der Waals surface area contributed by atoms with Crippen molar-refractivity contribution < 1.29 is 4.79 Å². The largest absolute Gasteiger partial charge is 0.335 e. The molecule has 3 rings (SSSR count). The van der Waals surface area contributed by atoms with Gasteiger partial charge >= 0.3 is 0 Å². The molecule has 1 heterocycles. The molecule has 1 amide bonds. The molecule has 1 aromatic heterocycles. The predicted molar refractivity (Wildman–Crippen MR) is 103 cm³/mol. The van der Waals surface area contributed by atoms with E-state index in [1.54, 1.807) is 22.0 Å². The second-order valence-electron chi connectivity index (χ2n) is 6.30. The van der Waals surface area contributed by atoms with Gasteiger partial charge in [0.15, 0.2) is 0 Å². The Morgan fingerprint density at radius 1 is 1.12 bits per heavy atom. The minimum Gasteiger partial charge on any atom is -0.335 e. The second-order valence-corrected chi connectivity index (χ2v) is 6.30. The lowest BCUT2D eigenvalue weighted by atomic mass is 10.1. The molecule has 132 valence electrons. The van der Waals surface area contributed by atoms with Crippen LogP contribution in [0.3, 0.4) is 0 Å². The van der Waals surface area contributed by atoms with E-state index in [-0.39, 0.29) is 11.9 Å². The van der Waals surface area contributed by atoms with Crippen molar-refractivity contribution in [3.05, 3.63) is 84.0 Å². The van der Waals surface area contributed by atoms with E-state index < -0.39 is 0 Å². The first-order valence-corrected chi connectivity index (χ1v) is 8.51. The average Bonchev–Trinajstić information content (AvgIpc) is 3.21. The monoisotopic (exact) mass is 346 g/mol. The number of nitrogens with zero attached hydrogens (tertiary/aromatic N) is 4. The maximum Gasteiger partial charge on any atom is 0.246 e. The van der Waals surface area contributed by atoms with Gasteiger partial charge in [0.25, 0.3) is 0 Å². The number of benzene rings is 2. The molecule has 0 unspecified atom stereocenters. The summed E-state index contributed by atoms with van der Waals surface area (Å²) in [7, 11) is 1.82. The van der Waals surface area contributed by atoms with Gasteiger partial charge in [-0.3, -0.25) is 4.79 Å². The van der Waals surface area contributed by atoms with Crippen LogP contribution in [0, 0.1) is 6.92 Å². The topological polar surface area (TPSA) is 51.0 Å². The highest BCUT2D eigenvalue weighted by molar-refractivity contribution is 5.91. The summed E-state index contributed by atoms with van der Waals surface area (Å²) in [6.45, 7) is 4.06. The van der Waals surface area contributed by atoms with E-state index in [0.29, 0.717) is 0 Å². The van der Waals surface area contributed by atoms with Crippen LogP contribution in [-0.4, -0.2) is 32.6 Å². The van der Waals surface area contributed by atoms with Gasteiger partial charge in [0.05, 0.1) is 11.7 Å². The summed E-state index contributed by atoms with van der Waals surface area (Å²) in [6, 6.07) is 16.0. The minimum atomic E-state index is -0.0324. The number of aryl methyl sites for hydroxylation is 1. The Balaban J connectivity index is 1.67. The third-order valence-corrected chi connectivity index (χ3v) is 4.48. The number of hydrogen-bond donors (Lipinski definition) is 0. The van der Waals surface area contributed by atoms with Crippen molar-refractivity contribution in [3.63, 3.8) is 0 Å². The Kier molecular flexibility index (Phi) is 5.27. The molecule has 0 aliphatic carbocycles. The Morgan fingerprint density at radius 2 is 1.81 bits per heavy atom. The first-order chi connectivity index (χ1) is 12.5. The summed E-state index contributed by atoms with van der Waals surface area (Å²) >= 11 is 0. The summed E-state index contributed by atoms with van der Waals surface area (Å²) in [5.41, 5.74) is 4.22. The predicted octanol–water partition coefficient (Wildman–Crippen LogP) is 3.81. The molecule has 3 aromatic rings. The average molecular weight is 346 g/mol. The third-order valence-electron chi connectivity index (χ3n) is 4.48. The molecule has 0 spiro atoms. The van der Waals surface area contributed by atoms with Gasteiger partial charge in [0.2, 0.25) is 5.91 Å². The lowest BCUT2D eigenvalue weighted by Crippen LogP contribution is -2.27. The van der Waals surface area contributed by atoms with E-state index in [1.807, 2.05) is 75.5 Å². The van der Waals surface area contributed by atoms with Crippen LogP contribution in [0.25, 0.3) is 11.8 Å². The number of carbonyl (C=O) groups excluding carboxylic acids is 1. The van der Waals surface area contributed by atoms with Gasteiger partial charge in [-0.15, -0.1) is 0 Å². The van der Waals surface area contributed by atoms with Crippen LogP contribution in [0.1, 0.15) is 29.7 Å². The number of rotatable bonds is 5. The van der Waals surface area contributed by atoms with E-state index >= 15 is 0 Å². The summed E-state index contributed by atoms with van der Waals surface area (Å²) in [5.74, 6) is -0.0292. The fourth-order valence-corrected chi connectivity index (χ4v) is 2.62. The van der Waals surface area contributed by atoms with Crippen molar-refractivity contribution in [2.45, 2.75) is 19.9 Å². The van der Waals surface area contributed by atoms with Crippen LogP contribution >= 0.6 is 0 Å². The maximum absolute atomic E-state index is 12.5. The number of carbonyl (C=O) groups is 1. The van der Waals surface area contributed by atoms with E-state index in [1.165, 1.54) is 11.9 Å². The van der Waals surface area contributed by atoms with Crippen LogP contribution in [0.15, 0.2) is 67.3 Å². The van der Waals surface area contributed by atoms with Crippen LogP contribution in [0.2, 0.25) is 0 Å². The summed E-state index contributed by atoms with van der Waals surface area (Å²) in [5, 5.41) is 4.11. The molecular formula is C21H22N4O. The minimum absolute atomic E-state index is 0.0292. The molecule has 0 aliphatic heterocycles. The fourth-order valence-electron chi connectivity index (χ4n) is 2.62. The molecular weight excluding hydrogens is 324 g/mol. The Labute approximate surface area is 153 Å². The third kappa shape index (κ3) is 4.06. The van der Waals surface area contributed by atoms with Crippen molar-refractivity contribution in [1.82, 2.24) is 19.7 Å². The standard InChI is InChI=1S/C21H22N4O/c1-16-4-6-18(7-5-16)8-13-21(26)24(3)17(2)19-9-11-20(12-10-19)25-15-22-14-23-25/h4-15,17H,1-3H3/b13-8+/t17-/m1/s1. The van der Waals surface area contributed by atoms with Gasteiger partial charge in [-0.1, -0.05) is 42.0 Å². The van der Waals surface area contributed by atoms with Crippen molar-refractivity contribution in [2.75, 3.05) is 7.05 Å². The van der Waals surface area contributed by atoms with Crippen molar-refractivity contribution in [3.8, 4) is 5.69 Å². The zero-order chi connectivity index (χ0) is 18.5. The molecule has 0 saturated carbocycles. The van der Waals surface area contributed by atoms with Gasteiger partial charge in [0, 0.05) is 13.1 Å². The van der Waals surface area contributed by atoms with Crippen molar-refractivity contribution >= 4 is 12.0 Å². The molecule has 0 aliphatic rings. The Hall–Kier alpha value is -3.21. The van der Waals surface area contributed by atoms with Gasteiger partial charge < -0.3 is 4.90 Å². The van der Waals surface area contributed by atoms with E-state index in [9.17, 15) is 4.79 Å². The number of hydrogen-bond acceptors (Lipinski definition) is 3. The molecule has 5 heteroatoms. The van der Waals surface area contributed by atoms with Crippen LogP contribution in [0.5, 0.6) is 0 Å². The molecule has 26 heavy (non-hydrogen) atoms. The lowest BCUT2D eigenvalue weighted by molar-refractivity contribution is -0.126. The number of amides is 1. The van der Waals surface area contributed by atoms with Crippen molar-refractivity contribution in [2.24, 2.45) is 0 Å². The highest BCUT2D eigenvalue weighted by atomic mass is 16.2. The summed E-state index contributed by atoms with van der Waals surface area (Å²) in [4.78, 5) is 18.1. The first kappa shape index (κ1) is 17.6. The molecule has 0 fully saturated rings. The quantitative estimate of drug-likeness (QED) is 0.660. The first-order valence-electron chi connectivity index (χ1n) is 8.51. The van der Waals surface area contributed by atoms with E-state index in [0.717, 1.165) is 16.8 Å². The highest BCUT2D eigenvalue weighted by Crippen LogP contribution is 2.20. The van der Waals surface area contributed by atoms with E-state index in [4.69, 9.17) is 0 Å². The zero-order valence-corrected chi connectivity index (χ0v) is 15.2. The molecule has 2 aromatic carbocycles. The van der Waals surface area contributed by atoms with E-state index in [2.05, 4.69) is 10.1 Å². The lowest BCUT2D eigenvalue weighted by Gasteiger charge is -2.24. The SMILES string of the molecule is Cc1ccc(/C=C/C(=O)N(C)[C@H](C)c2ccc(-n3cncn3)cc2)cc1. The zero-order valence-electron chi connectivity index (χ0n) is 15.2. The summed E-state index contributed by atoms with van der Waals surface area (Å²) in [6.07, 6.45) is 6.62. The maximum atomic E-state index is 12.5. The smallest absolute Gasteiger partial charge is 0.246 e. The van der Waals surface area contributed by atoms with Crippen LogP contribution in [0.4, 0.5) is 0 Å². The second kappa shape index (κ2) is 7.78. The van der Waals surface area contributed by atoms with Gasteiger partial charge in [-0.2, -0.15) is 5.10 Å². The molecule has 0 saturated heterocycles. The number of likely N-dealkylation sites (N-methyl/N-ethyl adjacent to an activating group) is 1. The Bertz CT molecular complexity index is 881. The van der Waals surface area contributed by atoms with Gasteiger partial charge in [-0.05, 0) is 43.2 Å². The van der Waals surface area contributed by atoms with Crippen LogP contribution < -0.4 is 0 Å². The number of aromatic nitrogens is 3. The van der Waals surface area contributed by atoms with Crippen LogP contribution in [-0.2, 0) is 4.79 Å². The molecule has 0 N–H and O–H groups in total. The Morgan fingerprint density at radius 3 is 2.42 bits per heavy atom. The molecule has 1 atom stereocenters. The molecule has 0 radical (unpaired) electrons. The van der Waals surface area contributed by atoms with Crippen molar-refractivity contribution in [1.29, 1.82) is 0 Å². The van der Waals surface area contributed by atoms with Gasteiger partial charge in [0.1, 0.15) is 12.7 Å². The summed E-state index contributed by atoms with van der Waals surface area (Å²) < 4.78 is 1.70. The van der Waals surface area contributed by atoms with Gasteiger partial charge in [-0.25, -0.2) is 9.67 Å². The molecule has 0 bridgehead atoms.